The van der Waals surface area contributed by atoms with Gasteiger partial charge in [-0.25, -0.2) is 16.8 Å². The zero-order chi connectivity index (χ0) is 22.8. The van der Waals surface area contributed by atoms with Crippen LogP contribution in [0.4, 0.5) is 0 Å². The average Bonchev–Trinajstić information content (AvgIpc) is 3.25. The predicted octanol–water partition coefficient (Wildman–Crippen LogP) is 4.41. The van der Waals surface area contributed by atoms with Crippen molar-refractivity contribution in [3.63, 3.8) is 0 Å². The van der Waals surface area contributed by atoms with E-state index < -0.39 is 25.9 Å². The van der Waals surface area contributed by atoms with Crippen molar-refractivity contribution >= 4 is 19.9 Å². The first-order chi connectivity index (χ1) is 15.3. The maximum Gasteiger partial charge on any atom is 0.243 e. The van der Waals surface area contributed by atoms with Gasteiger partial charge in [0.2, 0.25) is 10.0 Å². The molecule has 3 aromatic carbocycles. The highest BCUT2D eigenvalue weighted by Gasteiger charge is 2.38. The zero-order valence-electron chi connectivity index (χ0n) is 17.7. The van der Waals surface area contributed by atoms with Gasteiger partial charge in [-0.1, -0.05) is 36.4 Å². The number of benzene rings is 3. The minimum absolute atomic E-state index is 0.124. The van der Waals surface area contributed by atoms with Crippen LogP contribution in [0.3, 0.4) is 0 Å². The average molecular weight is 472 g/mol. The molecule has 0 amide bonds. The molecule has 168 valence electrons. The Bertz CT molecular complexity index is 1290. The Morgan fingerprint density at radius 2 is 1.50 bits per heavy atom. The molecule has 0 aromatic heterocycles. The molecule has 3 aromatic rings. The van der Waals surface area contributed by atoms with Gasteiger partial charge in [0, 0.05) is 12.6 Å². The molecule has 8 heteroatoms. The van der Waals surface area contributed by atoms with E-state index in [4.69, 9.17) is 4.74 Å². The molecule has 1 fully saturated rings. The number of hydrogen-bond donors (Lipinski definition) is 0. The van der Waals surface area contributed by atoms with Crippen LogP contribution >= 0.6 is 0 Å². The van der Waals surface area contributed by atoms with Crippen molar-refractivity contribution in [1.29, 1.82) is 0 Å². The van der Waals surface area contributed by atoms with Gasteiger partial charge in [0.15, 0.2) is 9.84 Å². The lowest BCUT2D eigenvalue weighted by Crippen LogP contribution is -2.39. The molecule has 4 rings (SSSR count). The third-order valence-corrected chi connectivity index (χ3v) is 9.37. The number of aryl methyl sites for hydroxylation is 1. The molecule has 32 heavy (non-hydrogen) atoms. The number of ether oxygens (including phenoxy) is 1. The molecule has 0 aliphatic carbocycles. The molecule has 1 unspecified atom stereocenters. The molecule has 1 saturated heterocycles. The summed E-state index contributed by atoms with van der Waals surface area (Å²) in [5.74, 6) is 1.00. The summed E-state index contributed by atoms with van der Waals surface area (Å²) < 4.78 is 59.3. The van der Waals surface area contributed by atoms with E-state index in [1.165, 1.54) is 28.6 Å². The van der Waals surface area contributed by atoms with E-state index >= 15 is 0 Å². The fourth-order valence-corrected chi connectivity index (χ4v) is 7.29. The lowest BCUT2D eigenvalue weighted by molar-refractivity contribution is 0.407. The highest BCUT2D eigenvalue weighted by Crippen LogP contribution is 2.30. The fourth-order valence-electron chi connectivity index (χ4n) is 3.88. The zero-order valence-corrected chi connectivity index (χ0v) is 19.3. The first-order valence-electron chi connectivity index (χ1n) is 10.4. The Morgan fingerprint density at radius 1 is 0.844 bits per heavy atom. The van der Waals surface area contributed by atoms with E-state index in [1.807, 2.05) is 31.2 Å². The monoisotopic (exact) mass is 471 g/mol. The highest BCUT2D eigenvalue weighted by molar-refractivity contribution is 7.91. The van der Waals surface area contributed by atoms with Gasteiger partial charge in [0.25, 0.3) is 0 Å². The van der Waals surface area contributed by atoms with Crippen LogP contribution in [-0.4, -0.2) is 39.5 Å². The van der Waals surface area contributed by atoms with Gasteiger partial charge < -0.3 is 4.74 Å². The van der Waals surface area contributed by atoms with E-state index in [1.54, 1.807) is 30.3 Å². The van der Waals surface area contributed by atoms with Crippen LogP contribution in [0.25, 0.3) is 0 Å². The molecular weight excluding hydrogens is 446 g/mol. The summed E-state index contributed by atoms with van der Waals surface area (Å²) in [6.45, 7) is 2.24. The second-order valence-electron chi connectivity index (χ2n) is 7.85. The van der Waals surface area contributed by atoms with Crippen LogP contribution < -0.4 is 4.74 Å². The standard InChI is InChI=1S/C24H25NO5S2/c1-19-8-5-6-12-24(19)30-21-13-15-23(16-14-21)32(28,29)25-17-7-9-20(25)18-31(26,27)22-10-3-2-4-11-22/h2-6,8,10-16,20H,7,9,17-18H2,1H3. The number of hydrogen-bond acceptors (Lipinski definition) is 5. The van der Waals surface area contributed by atoms with Crippen LogP contribution in [-0.2, 0) is 19.9 Å². The summed E-state index contributed by atoms with van der Waals surface area (Å²) in [4.78, 5) is 0.334. The van der Waals surface area contributed by atoms with E-state index in [9.17, 15) is 16.8 Å². The van der Waals surface area contributed by atoms with Crippen LogP contribution in [0.2, 0.25) is 0 Å². The minimum atomic E-state index is -3.83. The SMILES string of the molecule is Cc1ccccc1Oc1ccc(S(=O)(=O)N2CCCC2CS(=O)(=O)c2ccccc2)cc1. The number of rotatable bonds is 7. The number of nitrogens with zero attached hydrogens (tertiary/aromatic N) is 1. The minimum Gasteiger partial charge on any atom is -0.457 e. The maximum atomic E-state index is 13.3. The smallest absolute Gasteiger partial charge is 0.243 e. The Balaban J connectivity index is 1.52. The Labute approximate surface area is 189 Å². The van der Waals surface area contributed by atoms with Gasteiger partial charge in [-0.2, -0.15) is 4.31 Å². The van der Waals surface area contributed by atoms with Crippen molar-refractivity contribution in [3.8, 4) is 11.5 Å². The molecule has 0 radical (unpaired) electrons. The Hall–Kier alpha value is -2.68. The highest BCUT2D eigenvalue weighted by atomic mass is 32.2. The molecule has 1 aliphatic rings. The van der Waals surface area contributed by atoms with Crippen LogP contribution in [0.5, 0.6) is 11.5 Å². The van der Waals surface area contributed by atoms with Crippen LogP contribution in [0, 0.1) is 6.92 Å². The molecule has 0 bridgehead atoms. The third kappa shape index (κ3) is 4.72. The van der Waals surface area contributed by atoms with E-state index in [0.29, 0.717) is 30.9 Å². The number of sulfone groups is 1. The summed E-state index contributed by atoms with van der Waals surface area (Å²) in [6, 6.07) is 21.4. The summed E-state index contributed by atoms with van der Waals surface area (Å²) in [5, 5.41) is 0. The first kappa shape index (κ1) is 22.5. The van der Waals surface area contributed by atoms with Crippen molar-refractivity contribution in [2.45, 2.75) is 35.6 Å². The molecule has 0 spiro atoms. The van der Waals surface area contributed by atoms with E-state index in [-0.39, 0.29) is 15.5 Å². The van der Waals surface area contributed by atoms with Gasteiger partial charge >= 0.3 is 0 Å². The third-order valence-electron chi connectivity index (χ3n) is 5.59. The van der Waals surface area contributed by atoms with Gasteiger partial charge in [0.05, 0.1) is 15.5 Å². The molecular formula is C24H25NO5S2. The second-order valence-corrected chi connectivity index (χ2v) is 11.8. The normalized spacial score (nSPS) is 17.3. The molecule has 1 aliphatic heterocycles. The van der Waals surface area contributed by atoms with Gasteiger partial charge in [-0.3, -0.25) is 0 Å². The number of sulfonamides is 1. The van der Waals surface area contributed by atoms with Crippen molar-refractivity contribution in [3.05, 3.63) is 84.4 Å². The van der Waals surface area contributed by atoms with Crippen molar-refractivity contribution < 1.29 is 21.6 Å². The predicted molar refractivity (Wildman–Crippen MR) is 123 cm³/mol. The lowest BCUT2D eigenvalue weighted by Gasteiger charge is -2.24. The number of para-hydroxylation sites is 1. The van der Waals surface area contributed by atoms with Gasteiger partial charge in [-0.05, 0) is 67.8 Å². The van der Waals surface area contributed by atoms with E-state index in [0.717, 1.165) is 5.56 Å². The first-order valence-corrected chi connectivity index (χ1v) is 13.5. The van der Waals surface area contributed by atoms with Crippen LogP contribution in [0.1, 0.15) is 18.4 Å². The molecule has 6 nitrogen and oxygen atoms in total. The van der Waals surface area contributed by atoms with Crippen molar-refractivity contribution in [2.75, 3.05) is 12.3 Å². The van der Waals surface area contributed by atoms with Gasteiger partial charge in [0.1, 0.15) is 11.5 Å². The van der Waals surface area contributed by atoms with Crippen molar-refractivity contribution in [1.82, 2.24) is 4.31 Å². The van der Waals surface area contributed by atoms with Crippen LogP contribution in [0.15, 0.2) is 88.7 Å². The quantitative estimate of drug-likeness (QED) is 0.510. The summed E-state index contributed by atoms with van der Waals surface area (Å²) >= 11 is 0. The van der Waals surface area contributed by atoms with Crippen molar-refractivity contribution in [2.24, 2.45) is 0 Å². The Morgan fingerprint density at radius 3 is 2.19 bits per heavy atom. The lowest BCUT2D eigenvalue weighted by atomic mass is 10.2. The van der Waals surface area contributed by atoms with Gasteiger partial charge in [-0.15, -0.1) is 0 Å². The molecule has 0 saturated carbocycles. The summed E-state index contributed by atoms with van der Waals surface area (Å²) in [5.41, 5.74) is 0.976. The second kappa shape index (κ2) is 9.05. The molecule has 1 atom stereocenters. The fraction of sp³-hybridized carbons (Fsp3) is 0.250. The summed E-state index contributed by atoms with van der Waals surface area (Å²) in [7, 11) is -7.42. The largest absolute Gasteiger partial charge is 0.457 e. The maximum absolute atomic E-state index is 13.3. The molecule has 0 N–H and O–H groups in total. The Kier molecular flexibility index (Phi) is 6.37. The summed E-state index contributed by atoms with van der Waals surface area (Å²) in [6.07, 6.45) is 1.14. The van der Waals surface area contributed by atoms with E-state index in [2.05, 4.69) is 0 Å². The molecule has 1 heterocycles. The topological polar surface area (TPSA) is 80.8 Å².